The van der Waals surface area contributed by atoms with Gasteiger partial charge in [0.05, 0.1) is 6.04 Å². The van der Waals surface area contributed by atoms with Crippen LogP contribution in [0.3, 0.4) is 0 Å². The summed E-state index contributed by atoms with van der Waals surface area (Å²) in [5, 5.41) is 0. The van der Waals surface area contributed by atoms with Gasteiger partial charge in [0.2, 0.25) is 0 Å². The predicted molar refractivity (Wildman–Crippen MR) is 69.2 cm³/mol. The molecule has 2 nitrogen and oxygen atoms in total. The van der Waals surface area contributed by atoms with E-state index in [9.17, 15) is 0 Å². The molecule has 17 heavy (non-hydrogen) atoms. The van der Waals surface area contributed by atoms with E-state index in [0.717, 1.165) is 18.4 Å². The van der Waals surface area contributed by atoms with Crippen LogP contribution in [0.1, 0.15) is 30.0 Å². The van der Waals surface area contributed by atoms with Crippen LogP contribution in [-0.2, 0) is 0 Å². The van der Waals surface area contributed by atoms with Gasteiger partial charge in [-0.2, -0.15) is 0 Å². The fraction of sp³-hybridized carbons (Fsp3) is 0.200. The van der Waals surface area contributed by atoms with E-state index in [2.05, 4.69) is 35.3 Å². The van der Waals surface area contributed by atoms with Crippen LogP contribution in [0.2, 0.25) is 0 Å². The van der Waals surface area contributed by atoms with Crippen molar-refractivity contribution in [3.05, 3.63) is 66.0 Å². The molecule has 0 aliphatic carbocycles. The summed E-state index contributed by atoms with van der Waals surface area (Å²) in [6, 6.07) is 14.9. The van der Waals surface area contributed by atoms with E-state index in [1.54, 1.807) is 6.20 Å². The second kappa shape index (κ2) is 4.50. The average Bonchev–Trinajstić information content (AvgIpc) is 2.90. The molecule has 2 heteroatoms. The van der Waals surface area contributed by atoms with Gasteiger partial charge in [0.1, 0.15) is 0 Å². The van der Waals surface area contributed by atoms with Gasteiger partial charge >= 0.3 is 0 Å². The van der Waals surface area contributed by atoms with Crippen LogP contribution >= 0.6 is 0 Å². The first-order chi connectivity index (χ1) is 8.43. The minimum absolute atomic E-state index is 0.325. The van der Waals surface area contributed by atoms with Gasteiger partial charge in [-0.3, -0.25) is 9.98 Å². The lowest BCUT2D eigenvalue weighted by Crippen LogP contribution is -1.95. The second-order valence-corrected chi connectivity index (χ2v) is 4.28. The van der Waals surface area contributed by atoms with Gasteiger partial charge in [-0.15, -0.1) is 0 Å². The molecule has 0 bridgehead atoms. The zero-order valence-electron chi connectivity index (χ0n) is 9.58. The van der Waals surface area contributed by atoms with Crippen molar-refractivity contribution in [3.8, 4) is 0 Å². The summed E-state index contributed by atoms with van der Waals surface area (Å²) in [7, 11) is 0. The van der Waals surface area contributed by atoms with Crippen LogP contribution < -0.4 is 0 Å². The van der Waals surface area contributed by atoms with Crippen molar-refractivity contribution in [2.24, 2.45) is 4.99 Å². The molecule has 3 rings (SSSR count). The molecule has 84 valence electrons. The molecule has 1 aliphatic heterocycles. The van der Waals surface area contributed by atoms with E-state index < -0.39 is 0 Å². The summed E-state index contributed by atoms with van der Waals surface area (Å²) in [6.45, 7) is 0. The topological polar surface area (TPSA) is 25.2 Å². The minimum Gasteiger partial charge on any atom is -0.281 e. The lowest BCUT2D eigenvalue weighted by atomic mass is 10.0. The maximum atomic E-state index is 4.81. The van der Waals surface area contributed by atoms with Crippen molar-refractivity contribution >= 4 is 5.71 Å². The van der Waals surface area contributed by atoms with Gasteiger partial charge in [-0.05, 0) is 24.5 Å². The number of hydrogen-bond acceptors (Lipinski definition) is 2. The molecule has 0 amide bonds. The Kier molecular flexibility index (Phi) is 2.70. The molecule has 0 saturated heterocycles. The Morgan fingerprint density at radius 3 is 2.65 bits per heavy atom. The molecular weight excluding hydrogens is 208 g/mol. The highest BCUT2D eigenvalue weighted by atomic mass is 14.8. The third-order valence-corrected chi connectivity index (χ3v) is 3.15. The number of nitrogens with zero attached hydrogens (tertiary/aromatic N) is 2. The summed E-state index contributed by atoms with van der Waals surface area (Å²) in [5.74, 6) is 0. The van der Waals surface area contributed by atoms with Crippen LogP contribution in [0.15, 0.2) is 59.9 Å². The normalized spacial score (nSPS) is 19.1. The molecule has 2 heterocycles. The summed E-state index contributed by atoms with van der Waals surface area (Å²) < 4.78 is 0. The van der Waals surface area contributed by atoms with E-state index in [1.807, 2.05) is 18.3 Å². The van der Waals surface area contributed by atoms with E-state index in [-0.39, 0.29) is 0 Å². The molecule has 0 saturated carbocycles. The Morgan fingerprint density at radius 2 is 1.88 bits per heavy atom. The third kappa shape index (κ3) is 2.11. The quantitative estimate of drug-likeness (QED) is 0.764. The van der Waals surface area contributed by atoms with Crippen LogP contribution in [0, 0.1) is 0 Å². The summed E-state index contributed by atoms with van der Waals surface area (Å²) >= 11 is 0. The standard InChI is InChI=1S/C15H14N2/c1-2-5-12(6-3-1)14-8-9-15(17-14)13-7-4-10-16-11-13/h1-7,10-11,14H,8-9H2/t14-/m1/s1. The maximum Gasteiger partial charge on any atom is 0.0756 e. The molecule has 1 aromatic heterocycles. The second-order valence-electron chi connectivity index (χ2n) is 4.28. The van der Waals surface area contributed by atoms with E-state index in [4.69, 9.17) is 4.99 Å². The van der Waals surface area contributed by atoms with Gasteiger partial charge in [0.25, 0.3) is 0 Å². The Morgan fingerprint density at radius 1 is 1.00 bits per heavy atom. The van der Waals surface area contributed by atoms with Gasteiger partial charge < -0.3 is 0 Å². The molecule has 1 aromatic carbocycles. The van der Waals surface area contributed by atoms with Crippen molar-refractivity contribution in [2.45, 2.75) is 18.9 Å². The number of aliphatic imine (C=N–C) groups is 1. The number of benzene rings is 1. The third-order valence-electron chi connectivity index (χ3n) is 3.15. The largest absolute Gasteiger partial charge is 0.281 e. The minimum atomic E-state index is 0.325. The number of hydrogen-bond donors (Lipinski definition) is 0. The number of aromatic nitrogens is 1. The number of rotatable bonds is 2. The molecule has 0 spiro atoms. The maximum absolute atomic E-state index is 4.81. The highest BCUT2D eigenvalue weighted by Gasteiger charge is 2.19. The van der Waals surface area contributed by atoms with Crippen LogP contribution in [0.5, 0.6) is 0 Å². The fourth-order valence-corrected chi connectivity index (χ4v) is 2.26. The molecule has 2 aromatic rings. The summed E-state index contributed by atoms with van der Waals surface area (Å²) in [5.41, 5.74) is 3.66. The summed E-state index contributed by atoms with van der Waals surface area (Å²) in [4.78, 5) is 8.95. The first-order valence-electron chi connectivity index (χ1n) is 5.95. The molecule has 0 radical (unpaired) electrons. The van der Waals surface area contributed by atoms with Gasteiger partial charge in [-0.25, -0.2) is 0 Å². The summed E-state index contributed by atoms with van der Waals surface area (Å²) in [6.07, 6.45) is 5.85. The van der Waals surface area contributed by atoms with Crippen molar-refractivity contribution < 1.29 is 0 Å². The lowest BCUT2D eigenvalue weighted by molar-refractivity contribution is 0.723. The Bertz CT molecular complexity index is 517. The van der Waals surface area contributed by atoms with Gasteiger partial charge in [0.15, 0.2) is 0 Å². The highest BCUT2D eigenvalue weighted by Crippen LogP contribution is 2.30. The molecule has 0 fully saturated rings. The van der Waals surface area contributed by atoms with E-state index >= 15 is 0 Å². The first-order valence-corrected chi connectivity index (χ1v) is 5.95. The molecule has 0 unspecified atom stereocenters. The van der Waals surface area contributed by atoms with Crippen molar-refractivity contribution in [2.75, 3.05) is 0 Å². The van der Waals surface area contributed by atoms with E-state index in [0.29, 0.717) is 6.04 Å². The Balaban J connectivity index is 1.87. The highest BCUT2D eigenvalue weighted by molar-refractivity contribution is 6.01. The average molecular weight is 222 g/mol. The van der Waals surface area contributed by atoms with Crippen molar-refractivity contribution in [1.82, 2.24) is 4.98 Å². The lowest BCUT2D eigenvalue weighted by Gasteiger charge is -2.05. The van der Waals surface area contributed by atoms with Crippen molar-refractivity contribution in [1.29, 1.82) is 0 Å². The van der Waals surface area contributed by atoms with Crippen LogP contribution in [-0.4, -0.2) is 10.7 Å². The molecule has 0 N–H and O–H groups in total. The van der Waals surface area contributed by atoms with Crippen LogP contribution in [0.4, 0.5) is 0 Å². The zero-order chi connectivity index (χ0) is 11.5. The smallest absolute Gasteiger partial charge is 0.0756 e. The Labute approximate surface area is 101 Å². The zero-order valence-corrected chi connectivity index (χ0v) is 9.58. The first kappa shape index (κ1) is 10.2. The molecule has 1 atom stereocenters. The Hall–Kier alpha value is -1.96. The van der Waals surface area contributed by atoms with Crippen molar-refractivity contribution in [3.63, 3.8) is 0 Å². The van der Waals surface area contributed by atoms with Gasteiger partial charge in [0, 0.05) is 23.7 Å². The monoisotopic (exact) mass is 222 g/mol. The predicted octanol–water partition coefficient (Wildman–Crippen LogP) is 3.41. The molecular formula is C15H14N2. The SMILES string of the molecule is c1ccc([C@H]2CCC(c3cccnc3)=N2)cc1. The van der Waals surface area contributed by atoms with Crippen LogP contribution in [0.25, 0.3) is 0 Å². The van der Waals surface area contributed by atoms with E-state index in [1.165, 1.54) is 11.3 Å². The number of pyridine rings is 1. The van der Waals surface area contributed by atoms with Gasteiger partial charge in [-0.1, -0.05) is 36.4 Å². The molecule has 1 aliphatic rings. The fourth-order valence-electron chi connectivity index (χ4n) is 2.26.